The van der Waals surface area contributed by atoms with Crippen LogP contribution >= 0.6 is 0 Å². The predicted octanol–water partition coefficient (Wildman–Crippen LogP) is 2.82. The highest BCUT2D eigenvalue weighted by Gasteiger charge is 1.90. The Kier molecular flexibility index (Phi) is 9.28. The average molecular weight is 195 g/mol. The Morgan fingerprint density at radius 2 is 1.71 bits per heavy atom. The molecule has 0 aliphatic carbocycles. The van der Waals surface area contributed by atoms with Crippen LogP contribution in [0.2, 0.25) is 0 Å². The quantitative estimate of drug-likeness (QED) is 0.491. The Balaban J connectivity index is 3.27. The van der Waals surface area contributed by atoms with Crippen molar-refractivity contribution in [3.63, 3.8) is 0 Å². The van der Waals surface area contributed by atoms with Gasteiger partial charge in [-0.2, -0.15) is 0 Å². The van der Waals surface area contributed by atoms with E-state index in [1.54, 1.807) is 0 Å². The van der Waals surface area contributed by atoms with Gasteiger partial charge < -0.3 is 5.32 Å². The summed E-state index contributed by atoms with van der Waals surface area (Å²) >= 11 is 0. The van der Waals surface area contributed by atoms with Crippen LogP contribution in [-0.2, 0) is 4.79 Å². The maximum absolute atomic E-state index is 10.8. The molecule has 14 heavy (non-hydrogen) atoms. The summed E-state index contributed by atoms with van der Waals surface area (Å²) in [5.41, 5.74) is 0. The molecule has 0 saturated heterocycles. The Hall–Kier alpha value is -1.05. The van der Waals surface area contributed by atoms with Crippen LogP contribution in [0.15, 0.2) is 24.3 Å². The first-order chi connectivity index (χ1) is 6.81. The number of hydrogen-bond donors (Lipinski definition) is 1. The molecule has 1 amide bonds. The monoisotopic (exact) mass is 195 g/mol. The molecule has 2 heteroatoms. The third-order valence-corrected chi connectivity index (χ3v) is 1.81. The molecule has 2 nitrogen and oxygen atoms in total. The molecule has 0 heterocycles. The molecular formula is C12H21NO. The lowest BCUT2D eigenvalue weighted by Gasteiger charge is -1.96. The summed E-state index contributed by atoms with van der Waals surface area (Å²) in [4.78, 5) is 10.8. The van der Waals surface area contributed by atoms with Gasteiger partial charge in [0.15, 0.2) is 0 Å². The molecule has 0 rings (SSSR count). The van der Waals surface area contributed by atoms with Crippen molar-refractivity contribution in [2.24, 2.45) is 0 Å². The van der Waals surface area contributed by atoms with Gasteiger partial charge in [-0.3, -0.25) is 4.79 Å². The molecule has 0 aromatic rings. The van der Waals surface area contributed by atoms with Crippen molar-refractivity contribution in [3.8, 4) is 0 Å². The fourth-order valence-electron chi connectivity index (χ4n) is 0.976. The average Bonchev–Trinajstić information content (AvgIpc) is 2.21. The molecule has 0 fully saturated rings. The highest BCUT2D eigenvalue weighted by atomic mass is 16.1. The molecule has 0 unspecified atom stereocenters. The van der Waals surface area contributed by atoms with Crippen LogP contribution < -0.4 is 5.32 Å². The summed E-state index contributed by atoms with van der Waals surface area (Å²) in [5, 5.41) is 2.79. The first kappa shape index (κ1) is 12.9. The maximum atomic E-state index is 10.8. The van der Waals surface area contributed by atoms with E-state index in [-0.39, 0.29) is 5.91 Å². The van der Waals surface area contributed by atoms with E-state index in [0.717, 1.165) is 19.3 Å². The van der Waals surface area contributed by atoms with Crippen molar-refractivity contribution in [2.45, 2.75) is 39.5 Å². The first-order valence-electron chi connectivity index (χ1n) is 5.38. The highest BCUT2D eigenvalue weighted by molar-refractivity contribution is 5.75. The van der Waals surface area contributed by atoms with Crippen LogP contribution in [0.4, 0.5) is 0 Å². The van der Waals surface area contributed by atoms with E-state index in [0.29, 0.717) is 13.0 Å². The molecule has 0 aromatic heterocycles. The van der Waals surface area contributed by atoms with Crippen LogP contribution in [0.5, 0.6) is 0 Å². The van der Waals surface area contributed by atoms with Crippen molar-refractivity contribution in [2.75, 3.05) is 6.54 Å². The van der Waals surface area contributed by atoms with Crippen molar-refractivity contribution in [1.82, 2.24) is 5.32 Å². The number of carbonyl (C=O) groups excluding carboxylic acids is 1. The molecule has 0 atom stereocenters. The summed E-state index contributed by atoms with van der Waals surface area (Å²) in [6, 6.07) is 0. The number of amides is 1. The van der Waals surface area contributed by atoms with E-state index in [4.69, 9.17) is 0 Å². The van der Waals surface area contributed by atoms with Gasteiger partial charge in [0.25, 0.3) is 0 Å². The minimum Gasteiger partial charge on any atom is -0.353 e. The minimum absolute atomic E-state index is 0.112. The topological polar surface area (TPSA) is 29.1 Å². The normalized spacial score (nSPS) is 11.3. The fourth-order valence-corrected chi connectivity index (χ4v) is 0.976. The number of allylic oxidation sites excluding steroid dienone is 3. The molecule has 0 bridgehead atoms. The number of carbonyl (C=O) groups is 1. The summed E-state index contributed by atoms with van der Waals surface area (Å²) < 4.78 is 0. The standard InChI is InChI=1S/C12H21NO/c1-3-5-6-7-8-9-10-11-13-12(14)4-2/h5-6,9-10H,3-4,7-8,11H2,1-2H3,(H,13,14). The number of nitrogens with one attached hydrogen (secondary N) is 1. The van der Waals surface area contributed by atoms with Crippen molar-refractivity contribution in [3.05, 3.63) is 24.3 Å². The zero-order valence-corrected chi connectivity index (χ0v) is 9.25. The van der Waals surface area contributed by atoms with Gasteiger partial charge in [0.2, 0.25) is 5.91 Å². The van der Waals surface area contributed by atoms with E-state index >= 15 is 0 Å². The third kappa shape index (κ3) is 9.04. The first-order valence-corrected chi connectivity index (χ1v) is 5.38. The van der Waals surface area contributed by atoms with E-state index in [9.17, 15) is 4.79 Å². The van der Waals surface area contributed by atoms with Gasteiger partial charge in [0, 0.05) is 13.0 Å². The Bertz CT molecular complexity index is 194. The largest absolute Gasteiger partial charge is 0.353 e. The van der Waals surface area contributed by atoms with Crippen LogP contribution in [0.25, 0.3) is 0 Å². The summed E-state index contributed by atoms with van der Waals surface area (Å²) in [6.07, 6.45) is 12.3. The lowest BCUT2D eigenvalue weighted by atomic mass is 10.2. The van der Waals surface area contributed by atoms with Crippen LogP contribution in [0.1, 0.15) is 39.5 Å². The van der Waals surface area contributed by atoms with Crippen LogP contribution in [0, 0.1) is 0 Å². The van der Waals surface area contributed by atoms with Gasteiger partial charge in [0.05, 0.1) is 0 Å². The molecular weight excluding hydrogens is 174 g/mol. The van der Waals surface area contributed by atoms with Gasteiger partial charge in [0.1, 0.15) is 0 Å². The summed E-state index contributed by atoms with van der Waals surface area (Å²) in [5.74, 6) is 0.112. The van der Waals surface area contributed by atoms with E-state index in [1.165, 1.54) is 0 Å². The van der Waals surface area contributed by atoms with Crippen molar-refractivity contribution < 1.29 is 4.79 Å². The summed E-state index contributed by atoms with van der Waals surface area (Å²) in [7, 11) is 0. The zero-order valence-electron chi connectivity index (χ0n) is 9.25. The lowest BCUT2D eigenvalue weighted by molar-refractivity contribution is -0.120. The smallest absolute Gasteiger partial charge is 0.219 e. The minimum atomic E-state index is 0.112. The second kappa shape index (κ2) is 10.0. The Morgan fingerprint density at radius 1 is 1.07 bits per heavy atom. The third-order valence-electron chi connectivity index (χ3n) is 1.81. The molecule has 0 aliphatic heterocycles. The van der Waals surface area contributed by atoms with Crippen molar-refractivity contribution >= 4 is 5.91 Å². The Labute approximate surface area is 87.1 Å². The van der Waals surface area contributed by atoms with Gasteiger partial charge in [-0.25, -0.2) is 0 Å². The van der Waals surface area contributed by atoms with Crippen molar-refractivity contribution in [1.29, 1.82) is 0 Å². The zero-order chi connectivity index (χ0) is 10.6. The molecule has 0 saturated carbocycles. The highest BCUT2D eigenvalue weighted by Crippen LogP contribution is 1.93. The van der Waals surface area contributed by atoms with Crippen LogP contribution in [-0.4, -0.2) is 12.5 Å². The number of rotatable bonds is 7. The lowest BCUT2D eigenvalue weighted by Crippen LogP contribution is -2.21. The molecule has 1 N–H and O–H groups in total. The van der Waals surface area contributed by atoms with Crippen LogP contribution in [0.3, 0.4) is 0 Å². The molecule has 0 spiro atoms. The molecule has 0 radical (unpaired) electrons. The van der Waals surface area contributed by atoms with E-state index in [1.807, 2.05) is 13.0 Å². The molecule has 0 aromatic carbocycles. The number of hydrogen-bond acceptors (Lipinski definition) is 1. The molecule has 0 aliphatic rings. The second-order valence-electron chi connectivity index (χ2n) is 3.09. The van der Waals surface area contributed by atoms with Gasteiger partial charge in [-0.1, -0.05) is 38.2 Å². The van der Waals surface area contributed by atoms with Gasteiger partial charge >= 0.3 is 0 Å². The van der Waals surface area contributed by atoms with Gasteiger partial charge in [-0.15, -0.1) is 0 Å². The second-order valence-corrected chi connectivity index (χ2v) is 3.09. The SMILES string of the molecule is CCC=CCCC=CCNC(=O)CC. The molecule has 80 valence electrons. The predicted molar refractivity (Wildman–Crippen MR) is 61.1 cm³/mol. The van der Waals surface area contributed by atoms with E-state index in [2.05, 4.69) is 30.5 Å². The van der Waals surface area contributed by atoms with Gasteiger partial charge in [-0.05, 0) is 19.3 Å². The number of unbranched alkanes of at least 4 members (excludes halogenated alkanes) is 1. The van der Waals surface area contributed by atoms with E-state index < -0.39 is 0 Å². The maximum Gasteiger partial charge on any atom is 0.219 e. The Morgan fingerprint density at radius 3 is 2.29 bits per heavy atom. The summed E-state index contributed by atoms with van der Waals surface area (Å²) in [6.45, 7) is 4.64. The fraction of sp³-hybridized carbons (Fsp3) is 0.583.